The second-order valence-corrected chi connectivity index (χ2v) is 4.65. The van der Waals surface area contributed by atoms with Gasteiger partial charge >= 0.3 is 0 Å². The normalized spacial score (nSPS) is 10.7. The number of nitrogens with one attached hydrogen (secondary N) is 1. The lowest BCUT2D eigenvalue weighted by molar-refractivity contribution is 0.225. The highest BCUT2D eigenvalue weighted by Crippen LogP contribution is 2.15. The number of rotatable bonds is 4. The second kappa shape index (κ2) is 5.19. The molecule has 4 nitrogen and oxygen atoms in total. The first-order valence-corrected chi connectivity index (χ1v) is 6.36. The molecule has 4 heteroatoms. The highest BCUT2D eigenvalue weighted by molar-refractivity contribution is 5.75. The van der Waals surface area contributed by atoms with Crippen molar-refractivity contribution in [3.8, 4) is 0 Å². The number of para-hydroxylation sites is 2. The van der Waals surface area contributed by atoms with E-state index in [9.17, 15) is 0 Å². The van der Waals surface area contributed by atoms with Crippen LogP contribution in [0.4, 0.5) is 0 Å². The Hall–Kier alpha value is -2.59. The summed E-state index contributed by atoms with van der Waals surface area (Å²) in [5.41, 5.74) is 6.71. The van der Waals surface area contributed by atoms with Crippen LogP contribution >= 0.6 is 0 Å². The van der Waals surface area contributed by atoms with Gasteiger partial charge in [-0.3, -0.25) is 10.7 Å². The zero-order valence-electron chi connectivity index (χ0n) is 11.0. The fourth-order valence-electron chi connectivity index (χ4n) is 2.21. The molecule has 0 aliphatic heterocycles. The van der Waals surface area contributed by atoms with E-state index in [1.165, 1.54) is 5.56 Å². The van der Waals surface area contributed by atoms with E-state index in [1.807, 2.05) is 48.8 Å². The zero-order chi connectivity index (χ0) is 13.9. The van der Waals surface area contributed by atoms with E-state index >= 15 is 0 Å². The standard InChI is InChI=1S/C16H15N3O/c1-12(18-20)14-8-6-13(7-9-14)10-19-11-17-15-4-2-3-5-16(15)19/h2-9,11,18,20H,1,10H2. The summed E-state index contributed by atoms with van der Waals surface area (Å²) >= 11 is 0. The Kier molecular flexibility index (Phi) is 3.23. The summed E-state index contributed by atoms with van der Waals surface area (Å²) in [5, 5.41) is 8.82. The number of hydrogen-bond donors (Lipinski definition) is 2. The lowest BCUT2D eigenvalue weighted by Crippen LogP contribution is -2.04. The van der Waals surface area contributed by atoms with E-state index in [4.69, 9.17) is 5.21 Å². The summed E-state index contributed by atoms with van der Waals surface area (Å²) in [6.07, 6.45) is 1.85. The first-order valence-electron chi connectivity index (χ1n) is 6.36. The molecule has 0 spiro atoms. The quantitative estimate of drug-likeness (QED) is 0.713. The predicted molar refractivity (Wildman–Crippen MR) is 79.2 cm³/mol. The van der Waals surface area contributed by atoms with Crippen molar-refractivity contribution in [2.45, 2.75) is 6.54 Å². The lowest BCUT2D eigenvalue weighted by Gasteiger charge is -2.07. The van der Waals surface area contributed by atoms with Gasteiger partial charge in [-0.05, 0) is 23.3 Å². The first kappa shape index (κ1) is 12.4. The van der Waals surface area contributed by atoms with Gasteiger partial charge in [0.05, 0.1) is 23.1 Å². The SMILES string of the molecule is C=C(NO)c1ccc(Cn2cnc3ccccc32)cc1. The first-order chi connectivity index (χ1) is 9.78. The molecule has 20 heavy (non-hydrogen) atoms. The maximum atomic E-state index is 8.82. The maximum Gasteiger partial charge on any atom is 0.0961 e. The molecule has 0 fully saturated rings. The Labute approximate surface area is 117 Å². The molecule has 0 radical (unpaired) electrons. The number of hydroxylamine groups is 1. The molecule has 3 rings (SSSR count). The van der Waals surface area contributed by atoms with Crippen LogP contribution in [0.3, 0.4) is 0 Å². The number of fused-ring (bicyclic) bond motifs is 1. The van der Waals surface area contributed by atoms with Crippen LogP contribution in [-0.2, 0) is 6.54 Å². The third kappa shape index (κ3) is 2.29. The summed E-state index contributed by atoms with van der Waals surface area (Å²) < 4.78 is 2.11. The van der Waals surface area contributed by atoms with Crippen LogP contribution < -0.4 is 5.48 Å². The van der Waals surface area contributed by atoms with Gasteiger partial charge < -0.3 is 4.57 Å². The van der Waals surface area contributed by atoms with Crippen LogP contribution in [0.15, 0.2) is 61.4 Å². The van der Waals surface area contributed by atoms with Crippen molar-refractivity contribution in [1.29, 1.82) is 0 Å². The summed E-state index contributed by atoms with van der Waals surface area (Å²) in [6.45, 7) is 4.48. The van der Waals surface area contributed by atoms with Crippen LogP contribution in [0, 0.1) is 0 Å². The van der Waals surface area contributed by atoms with Crippen LogP contribution in [0.2, 0.25) is 0 Å². The molecule has 0 atom stereocenters. The summed E-state index contributed by atoms with van der Waals surface area (Å²) in [5.74, 6) is 0. The highest BCUT2D eigenvalue weighted by Gasteiger charge is 2.03. The van der Waals surface area contributed by atoms with Crippen LogP contribution in [0.25, 0.3) is 16.7 Å². The fraction of sp³-hybridized carbons (Fsp3) is 0.0625. The van der Waals surface area contributed by atoms with Crippen molar-refractivity contribution < 1.29 is 5.21 Å². The predicted octanol–water partition coefficient (Wildman–Crippen LogP) is 3.03. The monoisotopic (exact) mass is 265 g/mol. The largest absolute Gasteiger partial charge is 0.326 e. The molecule has 0 saturated carbocycles. The molecule has 1 heterocycles. The number of benzene rings is 2. The summed E-state index contributed by atoms with van der Waals surface area (Å²) in [4.78, 5) is 4.38. The Bertz CT molecular complexity index is 744. The summed E-state index contributed by atoms with van der Waals surface area (Å²) in [6, 6.07) is 16.0. The van der Waals surface area contributed by atoms with Crippen LogP contribution in [-0.4, -0.2) is 14.8 Å². The number of imidazole rings is 1. The van der Waals surface area contributed by atoms with Gasteiger partial charge in [0.15, 0.2) is 0 Å². The number of hydrogen-bond acceptors (Lipinski definition) is 3. The van der Waals surface area contributed by atoms with E-state index in [0.29, 0.717) is 5.70 Å². The average molecular weight is 265 g/mol. The van der Waals surface area contributed by atoms with Crippen LogP contribution in [0.1, 0.15) is 11.1 Å². The van der Waals surface area contributed by atoms with Gasteiger partial charge in [-0.25, -0.2) is 4.98 Å². The molecule has 2 aromatic carbocycles. The van der Waals surface area contributed by atoms with Crippen molar-refractivity contribution in [3.05, 3.63) is 72.6 Å². The van der Waals surface area contributed by atoms with Gasteiger partial charge in [-0.15, -0.1) is 0 Å². The molecule has 0 saturated heterocycles. The second-order valence-electron chi connectivity index (χ2n) is 4.65. The van der Waals surface area contributed by atoms with Gasteiger partial charge in [0, 0.05) is 6.54 Å². The van der Waals surface area contributed by atoms with Gasteiger partial charge in [-0.2, -0.15) is 0 Å². The Balaban J connectivity index is 1.86. The molecule has 0 aliphatic carbocycles. The molecular formula is C16H15N3O. The average Bonchev–Trinajstić information content (AvgIpc) is 2.91. The van der Waals surface area contributed by atoms with E-state index in [1.54, 1.807) is 0 Å². The van der Waals surface area contributed by atoms with Gasteiger partial charge in [0.25, 0.3) is 0 Å². The lowest BCUT2D eigenvalue weighted by atomic mass is 10.1. The van der Waals surface area contributed by atoms with Crippen molar-refractivity contribution in [2.24, 2.45) is 0 Å². The molecule has 0 amide bonds. The van der Waals surface area contributed by atoms with Crippen molar-refractivity contribution in [3.63, 3.8) is 0 Å². The van der Waals surface area contributed by atoms with Gasteiger partial charge in [0.2, 0.25) is 0 Å². The maximum absolute atomic E-state index is 8.82. The molecule has 100 valence electrons. The van der Waals surface area contributed by atoms with E-state index in [2.05, 4.69) is 27.7 Å². The van der Waals surface area contributed by atoms with E-state index in [0.717, 1.165) is 23.1 Å². The molecule has 1 aromatic heterocycles. The highest BCUT2D eigenvalue weighted by atomic mass is 16.5. The smallest absolute Gasteiger partial charge is 0.0961 e. The molecule has 3 aromatic rings. The van der Waals surface area contributed by atoms with Gasteiger partial charge in [-0.1, -0.05) is 43.0 Å². The van der Waals surface area contributed by atoms with Crippen LogP contribution in [0.5, 0.6) is 0 Å². The van der Waals surface area contributed by atoms with Crippen molar-refractivity contribution in [2.75, 3.05) is 0 Å². The Morgan fingerprint density at radius 3 is 2.65 bits per heavy atom. The number of nitrogens with zero attached hydrogens (tertiary/aromatic N) is 2. The third-order valence-corrected chi connectivity index (χ3v) is 3.32. The molecule has 2 N–H and O–H groups in total. The van der Waals surface area contributed by atoms with Crippen molar-refractivity contribution >= 4 is 16.7 Å². The van der Waals surface area contributed by atoms with E-state index < -0.39 is 0 Å². The zero-order valence-corrected chi connectivity index (χ0v) is 11.0. The van der Waals surface area contributed by atoms with Crippen molar-refractivity contribution in [1.82, 2.24) is 15.0 Å². The molecular weight excluding hydrogens is 250 g/mol. The Morgan fingerprint density at radius 2 is 1.90 bits per heavy atom. The third-order valence-electron chi connectivity index (χ3n) is 3.32. The number of aromatic nitrogens is 2. The fourth-order valence-corrected chi connectivity index (χ4v) is 2.21. The minimum Gasteiger partial charge on any atom is -0.326 e. The van der Waals surface area contributed by atoms with Gasteiger partial charge in [0.1, 0.15) is 0 Å². The molecule has 0 unspecified atom stereocenters. The molecule has 0 bridgehead atoms. The summed E-state index contributed by atoms with van der Waals surface area (Å²) in [7, 11) is 0. The minimum absolute atomic E-state index is 0.490. The Morgan fingerprint density at radius 1 is 1.15 bits per heavy atom. The molecule has 0 aliphatic rings. The topological polar surface area (TPSA) is 50.1 Å². The van der Waals surface area contributed by atoms with E-state index in [-0.39, 0.29) is 0 Å². The minimum atomic E-state index is 0.490.